The molecule has 1 saturated carbocycles. The molecule has 1 aromatic rings. The zero-order valence-corrected chi connectivity index (χ0v) is 16.1. The zero-order chi connectivity index (χ0) is 19.1. The van der Waals surface area contributed by atoms with Gasteiger partial charge in [-0.1, -0.05) is 31.4 Å². The summed E-state index contributed by atoms with van der Waals surface area (Å²) in [6.07, 6.45) is 7.24. The second-order valence-electron chi connectivity index (χ2n) is 7.90. The second kappa shape index (κ2) is 9.33. The van der Waals surface area contributed by atoms with Crippen LogP contribution in [0.5, 0.6) is 0 Å². The van der Waals surface area contributed by atoms with Crippen molar-refractivity contribution >= 4 is 11.8 Å². The Morgan fingerprint density at radius 2 is 1.63 bits per heavy atom. The number of hydrogen-bond donors (Lipinski definition) is 3. The maximum atomic E-state index is 12.4. The fraction of sp³-hybridized carbons (Fsp3) is 0.619. The molecule has 27 heavy (non-hydrogen) atoms. The number of nitrogens with two attached hydrogens (primary N) is 1. The average molecular weight is 373 g/mol. The van der Waals surface area contributed by atoms with Gasteiger partial charge in [0.2, 0.25) is 5.91 Å². The van der Waals surface area contributed by atoms with Crippen LogP contribution >= 0.6 is 0 Å². The third-order valence-electron chi connectivity index (χ3n) is 5.78. The highest BCUT2D eigenvalue weighted by atomic mass is 16.2. The number of amides is 2. The maximum absolute atomic E-state index is 12.4. The number of carbonyl (C=O) groups excluding carboxylic acids is 2. The van der Waals surface area contributed by atoms with E-state index >= 15 is 0 Å². The number of likely N-dealkylation sites (tertiary alicyclic amines) is 1. The molecule has 1 heterocycles. The molecular formula is C21H32N4O2. The number of nitrogens with zero attached hydrogens (tertiary/aromatic N) is 1. The van der Waals surface area contributed by atoms with E-state index in [0.717, 1.165) is 57.3 Å². The van der Waals surface area contributed by atoms with Gasteiger partial charge in [0.25, 0.3) is 5.91 Å². The fourth-order valence-electron chi connectivity index (χ4n) is 3.98. The van der Waals surface area contributed by atoms with Crippen LogP contribution in [0.25, 0.3) is 0 Å². The van der Waals surface area contributed by atoms with Gasteiger partial charge < -0.3 is 21.3 Å². The van der Waals surface area contributed by atoms with Crippen LogP contribution in [-0.2, 0) is 11.3 Å². The molecule has 2 fully saturated rings. The highest BCUT2D eigenvalue weighted by Gasteiger charge is 2.34. The largest absolute Gasteiger partial charge is 0.351 e. The van der Waals surface area contributed by atoms with Gasteiger partial charge in [0.1, 0.15) is 0 Å². The summed E-state index contributed by atoms with van der Waals surface area (Å²) < 4.78 is 0. The van der Waals surface area contributed by atoms with Crippen LogP contribution < -0.4 is 16.4 Å². The summed E-state index contributed by atoms with van der Waals surface area (Å²) in [6, 6.07) is 7.40. The van der Waals surface area contributed by atoms with Crippen LogP contribution in [0.3, 0.4) is 0 Å². The molecule has 0 atom stereocenters. The Labute approximate surface area is 161 Å². The number of benzene rings is 1. The van der Waals surface area contributed by atoms with Crippen molar-refractivity contribution < 1.29 is 9.59 Å². The Bertz CT molecular complexity index is 632. The molecule has 6 heteroatoms. The first-order valence-electron chi connectivity index (χ1n) is 10.2. The molecule has 0 unspecified atom stereocenters. The molecule has 1 aliphatic heterocycles. The van der Waals surface area contributed by atoms with E-state index in [1.54, 1.807) is 0 Å². The van der Waals surface area contributed by atoms with Crippen LogP contribution in [0, 0.1) is 0 Å². The van der Waals surface area contributed by atoms with Gasteiger partial charge in [-0.3, -0.25) is 9.59 Å². The summed E-state index contributed by atoms with van der Waals surface area (Å²) in [5, 5.41) is 5.93. The van der Waals surface area contributed by atoms with Gasteiger partial charge in [0.05, 0.1) is 5.54 Å². The van der Waals surface area contributed by atoms with Gasteiger partial charge >= 0.3 is 0 Å². The summed E-state index contributed by atoms with van der Waals surface area (Å²) in [6.45, 7) is 4.31. The summed E-state index contributed by atoms with van der Waals surface area (Å²) >= 11 is 0. The molecular weight excluding hydrogens is 340 g/mol. The van der Waals surface area contributed by atoms with Crippen molar-refractivity contribution in [2.45, 2.75) is 57.0 Å². The maximum Gasteiger partial charge on any atom is 0.251 e. The van der Waals surface area contributed by atoms with E-state index in [-0.39, 0.29) is 11.8 Å². The van der Waals surface area contributed by atoms with Gasteiger partial charge in [-0.15, -0.1) is 0 Å². The highest BCUT2D eigenvalue weighted by molar-refractivity contribution is 5.94. The molecule has 4 N–H and O–H groups in total. The summed E-state index contributed by atoms with van der Waals surface area (Å²) in [4.78, 5) is 27.0. The molecule has 0 bridgehead atoms. The monoisotopic (exact) mass is 372 g/mol. The minimum absolute atomic E-state index is 0.0482. The standard InChI is InChI=1S/C21H32N4O2/c22-21(10-2-1-3-11-21)20(27)24-16-17-6-8-18(9-7-17)19(26)23-12-15-25-13-4-5-14-25/h6-9H,1-5,10-16,22H2,(H,23,26)(H,24,27). The number of nitrogens with one attached hydrogen (secondary N) is 2. The van der Waals surface area contributed by atoms with E-state index < -0.39 is 5.54 Å². The van der Waals surface area contributed by atoms with Crippen molar-refractivity contribution in [1.29, 1.82) is 0 Å². The molecule has 2 aliphatic rings. The Hall–Kier alpha value is -1.92. The SMILES string of the molecule is NC1(C(=O)NCc2ccc(C(=O)NCCN3CCCC3)cc2)CCCCC1. The Kier molecular flexibility index (Phi) is 6.85. The first-order valence-corrected chi connectivity index (χ1v) is 10.2. The lowest BCUT2D eigenvalue weighted by Crippen LogP contribution is -2.54. The van der Waals surface area contributed by atoms with E-state index in [2.05, 4.69) is 15.5 Å². The predicted molar refractivity (Wildman–Crippen MR) is 106 cm³/mol. The lowest BCUT2D eigenvalue weighted by molar-refractivity contribution is -0.127. The third kappa shape index (κ3) is 5.53. The lowest BCUT2D eigenvalue weighted by Gasteiger charge is -2.31. The quantitative estimate of drug-likeness (QED) is 0.681. The van der Waals surface area contributed by atoms with Gasteiger partial charge in [0, 0.05) is 25.2 Å². The molecule has 6 nitrogen and oxygen atoms in total. The average Bonchev–Trinajstić information content (AvgIpc) is 3.20. The number of hydrogen-bond acceptors (Lipinski definition) is 4. The van der Waals surface area contributed by atoms with Crippen LogP contribution in [0.15, 0.2) is 24.3 Å². The van der Waals surface area contributed by atoms with Crippen LogP contribution in [0.2, 0.25) is 0 Å². The first-order chi connectivity index (χ1) is 13.1. The molecule has 1 saturated heterocycles. The first kappa shape index (κ1) is 19.8. The van der Waals surface area contributed by atoms with Crippen molar-refractivity contribution in [2.24, 2.45) is 5.73 Å². The highest BCUT2D eigenvalue weighted by Crippen LogP contribution is 2.26. The van der Waals surface area contributed by atoms with Gasteiger partial charge in [-0.05, 0) is 56.5 Å². The minimum Gasteiger partial charge on any atom is -0.351 e. The smallest absolute Gasteiger partial charge is 0.251 e. The molecule has 2 amide bonds. The molecule has 3 rings (SSSR count). The minimum atomic E-state index is -0.715. The molecule has 0 spiro atoms. The molecule has 0 radical (unpaired) electrons. The van der Waals surface area contributed by atoms with Gasteiger partial charge in [0.15, 0.2) is 0 Å². The lowest BCUT2D eigenvalue weighted by atomic mass is 9.82. The van der Waals surface area contributed by atoms with Crippen LogP contribution in [-0.4, -0.2) is 48.4 Å². The van der Waals surface area contributed by atoms with E-state index in [1.165, 1.54) is 12.8 Å². The summed E-state index contributed by atoms with van der Waals surface area (Å²) in [5.74, 6) is -0.112. The van der Waals surface area contributed by atoms with Gasteiger partial charge in [-0.25, -0.2) is 0 Å². The van der Waals surface area contributed by atoms with Crippen molar-refractivity contribution in [2.75, 3.05) is 26.2 Å². The number of carbonyl (C=O) groups is 2. The van der Waals surface area contributed by atoms with E-state index in [4.69, 9.17) is 5.73 Å². The van der Waals surface area contributed by atoms with Crippen LogP contribution in [0.4, 0.5) is 0 Å². The molecule has 148 valence electrons. The molecule has 1 aromatic carbocycles. The van der Waals surface area contributed by atoms with E-state index in [9.17, 15) is 9.59 Å². The third-order valence-corrected chi connectivity index (χ3v) is 5.78. The Morgan fingerprint density at radius 3 is 2.30 bits per heavy atom. The van der Waals surface area contributed by atoms with E-state index in [0.29, 0.717) is 18.7 Å². The summed E-state index contributed by atoms with van der Waals surface area (Å²) in [7, 11) is 0. The van der Waals surface area contributed by atoms with Crippen molar-refractivity contribution in [3.63, 3.8) is 0 Å². The topological polar surface area (TPSA) is 87.5 Å². The summed E-state index contributed by atoms with van der Waals surface area (Å²) in [5.41, 5.74) is 7.16. The number of rotatable bonds is 7. The van der Waals surface area contributed by atoms with Crippen molar-refractivity contribution in [1.82, 2.24) is 15.5 Å². The molecule has 1 aliphatic carbocycles. The van der Waals surface area contributed by atoms with E-state index in [1.807, 2.05) is 24.3 Å². The zero-order valence-electron chi connectivity index (χ0n) is 16.1. The Morgan fingerprint density at radius 1 is 0.963 bits per heavy atom. The fourth-order valence-corrected chi connectivity index (χ4v) is 3.98. The Balaban J connectivity index is 1.42. The predicted octanol–water partition coefficient (Wildman–Crippen LogP) is 1.79. The molecule has 0 aromatic heterocycles. The van der Waals surface area contributed by atoms with Crippen molar-refractivity contribution in [3.8, 4) is 0 Å². The van der Waals surface area contributed by atoms with Gasteiger partial charge in [-0.2, -0.15) is 0 Å². The van der Waals surface area contributed by atoms with Crippen LogP contribution in [0.1, 0.15) is 60.9 Å². The second-order valence-corrected chi connectivity index (χ2v) is 7.90. The normalized spacial score (nSPS) is 19.6. The van der Waals surface area contributed by atoms with Crippen molar-refractivity contribution in [3.05, 3.63) is 35.4 Å².